The molecule has 0 amide bonds. The molecule has 0 bridgehead atoms. The van der Waals surface area contributed by atoms with Gasteiger partial charge < -0.3 is 10.1 Å². The average Bonchev–Trinajstić information content (AvgIpc) is 3.07. The van der Waals surface area contributed by atoms with Crippen LogP contribution in [-0.4, -0.2) is 11.2 Å². The van der Waals surface area contributed by atoms with E-state index in [9.17, 15) is 4.39 Å². The first-order valence-electron chi connectivity index (χ1n) is 6.09. The third kappa shape index (κ3) is 1.94. The van der Waals surface area contributed by atoms with Crippen LogP contribution in [0.1, 0.15) is 10.4 Å². The van der Waals surface area contributed by atoms with Crippen molar-refractivity contribution in [3.63, 3.8) is 0 Å². The van der Waals surface area contributed by atoms with Crippen molar-refractivity contribution in [2.45, 2.75) is 11.6 Å². The molecule has 2 nitrogen and oxygen atoms in total. The van der Waals surface area contributed by atoms with Crippen LogP contribution in [0.25, 0.3) is 0 Å². The molecule has 0 aliphatic carbocycles. The van der Waals surface area contributed by atoms with Gasteiger partial charge in [-0.2, -0.15) is 0 Å². The Labute approximate surface area is 125 Å². The van der Waals surface area contributed by atoms with Crippen LogP contribution < -0.4 is 5.32 Å². The molecule has 1 saturated heterocycles. The monoisotopic (exact) mass is 305 g/mol. The predicted octanol–water partition coefficient (Wildman–Crippen LogP) is 3.59. The van der Waals surface area contributed by atoms with Gasteiger partial charge in [0.15, 0.2) is 5.60 Å². The minimum atomic E-state index is -0.777. The average molecular weight is 305 g/mol. The Hall–Kier alpha value is -1.72. The number of hydrogen-bond donors (Lipinski definition) is 1. The maximum atomic E-state index is 13.2. The highest BCUT2D eigenvalue weighted by Crippen LogP contribution is 2.43. The van der Waals surface area contributed by atoms with Crippen molar-refractivity contribution in [2.24, 2.45) is 0 Å². The lowest BCUT2D eigenvalue weighted by Gasteiger charge is -2.31. The van der Waals surface area contributed by atoms with Crippen molar-refractivity contribution < 1.29 is 9.13 Å². The summed E-state index contributed by atoms with van der Waals surface area (Å²) in [6.07, 6.45) is 1.77. The Morgan fingerprint density at radius 3 is 2.70 bits per heavy atom. The lowest BCUT2D eigenvalue weighted by Crippen LogP contribution is -2.40. The van der Waals surface area contributed by atoms with Crippen molar-refractivity contribution in [3.8, 4) is 0 Å². The topological polar surface area (TPSA) is 21.3 Å². The second kappa shape index (κ2) is 5.00. The number of thiophene rings is 1. The van der Waals surface area contributed by atoms with E-state index in [-0.39, 0.29) is 11.9 Å². The summed E-state index contributed by atoms with van der Waals surface area (Å²) in [6, 6.07) is 10.0. The molecular formula is C15H12FNOS2. The van der Waals surface area contributed by atoms with Gasteiger partial charge in [-0.15, -0.1) is 17.9 Å². The zero-order valence-electron chi connectivity index (χ0n) is 10.5. The van der Waals surface area contributed by atoms with E-state index in [1.54, 1.807) is 29.5 Å². The summed E-state index contributed by atoms with van der Waals surface area (Å²) >= 11 is 6.73. The first-order valence-corrected chi connectivity index (χ1v) is 7.37. The molecule has 5 heteroatoms. The predicted molar refractivity (Wildman–Crippen MR) is 82.3 cm³/mol. The molecule has 1 aromatic carbocycles. The van der Waals surface area contributed by atoms with Crippen LogP contribution in [0, 0.1) is 5.82 Å². The molecule has 2 aromatic rings. The lowest BCUT2D eigenvalue weighted by atomic mass is 9.85. The fourth-order valence-electron chi connectivity index (χ4n) is 2.46. The van der Waals surface area contributed by atoms with E-state index in [4.69, 9.17) is 17.0 Å². The van der Waals surface area contributed by atoms with E-state index in [1.807, 2.05) is 17.5 Å². The smallest absolute Gasteiger partial charge is 0.258 e. The van der Waals surface area contributed by atoms with Crippen LogP contribution in [-0.2, 0) is 10.3 Å². The Bertz CT molecular complexity index is 638. The summed E-state index contributed by atoms with van der Waals surface area (Å²) in [5.41, 5.74) is 0.0688. The highest BCUT2D eigenvalue weighted by atomic mass is 32.1. The largest absolute Gasteiger partial charge is 0.451 e. The standard InChI is InChI=1S/C15H12FNOS2/c1-2-12-15(18-14(19)17-12,13-4-3-9-20-13)10-5-7-11(16)8-6-10/h2-9,12H,1H2,(H,17,19)/t12-,15-/m1/s1. The fourth-order valence-corrected chi connectivity index (χ4v) is 3.65. The quantitative estimate of drug-likeness (QED) is 0.692. The van der Waals surface area contributed by atoms with Crippen molar-refractivity contribution in [1.29, 1.82) is 0 Å². The Morgan fingerprint density at radius 1 is 1.35 bits per heavy atom. The zero-order chi connectivity index (χ0) is 14.2. The fraction of sp³-hybridized carbons (Fsp3) is 0.133. The molecule has 1 aromatic heterocycles. The lowest BCUT2D eigenvalue weighted by molar-refractivity contribution is 0.126. The van der Waals surface area contributed by atoms with Gasteiger partial charge in [0.1, 0.15) is 5.82 Å². The number of rotatable bonds is 3. The Morgan fingerprint density at radius 2 is 2.10 bits per heavy atom. The van der Waals surface area contributed by atoms with E-state index < -0.39 is 5.60 Å². The SMILES string of the molecule is C=C[C@H]1NC(=S)O[C@@]1(c1ccc(F)cc1)c1cccs1. The van der Waals surface area contributed by atoms with Gasteiger partial charge in [0.05, 0.1) is 10.9 Å². The normalized spacial score (nSPS) is 25.1. The molecule has 3 rings (SSSR count). The molecule has 2 heterocycles. The van der Waals surface area contributed by atoms with Gasteiger partial charge in [-0.1, -0.05) is 24.3 Å². The Balaban J connectivity index is 2.20. The van der Waals surface area contributed by atoms with Crippen LogP contribution in [0.15, 0.2) is 54.4 Å². The summed E-state index contributed by atoms with van der Waals surface area (Å²) < 4.78 is 19.2. The number of nitrogens with one attached hydrogen (secondary N) is 1. The maximum Gasteiger partial charge on any atom is 0.258 e. The van der Waals surface area contributed by atoms with E-state index in [2.05, 4.69) is 11.9 Å². The molecule has 1 aliphatic rings. The molecule has 1 aliphatic heterocycles. The molecule has 0 unspecified atom stereocenters. The number of thiocarbonyl (C=S) groups is 1. The maximum absolute atomic E-state index is 13.2. The molecule has 0 radical (unpaired) electrons. The second-order valence-electron chi connectivity index (χ2n) is 4.47. The molecule has 1 fully saturated rings. The van der Waals surface area contributed by atoms with Crippen LogP contribution >= 0.6 is 23.6 Å². The van der Waals surface area contributed by atoms with Gasteiger partial charge in [0.25, 0.3) is 5.17 Å². The van der Waals surface area contributed by atoms with Gasteiger partial charge in [-0.3, -0.25) is 0 Å². The van der Waals surface area contributed by atoms with Crippen LogP contribution in [0.3, 0.4) is 0 Å². The third-order valence-corrected chi connectivity index (χ3v) is 4.55. The first-order chi connectivity index (χ1) is 9.66. The number of hydrogen-bond acceptors (Lipinski definition) is 3. The van der Waals surface area contributed by atoms with E-state index >= 15 is 0 Å². The minimum Gasteiger partial charge on any atom is -0.451 e. The summed E-state index contributed by atoms with van der Waals surface area (Å²) in [5.74, 6) is -0.279. The summed E-state index contributed by atoms with van der Waals surface area (Å²) in [7, 11) is 0. The van der Waals surface area contributed by atoms with Crippen molar-refractivity contribution in [1.82, 2.24) is 5.32 Å². The first kappa shape index (κ1) is 13.3. The molecule has 20 heavy (non-hydrogen) atoms. The van der Waals surface area contributed by atoms with E-state index in [0.29, 0.717) is 5.17 Å². The third-order valence-electron chi connectivity index (χ3n) is 3.36. The Kier molecular flexibility index (Phi) is 3.31. The van der Waals surface area contributed by atoms with Gasteiger partial charge in [0, 0.05) is 5.56 Å². The van der Waals surface area contributed by atoms with E-state index in [0.717, 1.165) is 10.4 Å². The van der Waals surface area contributed by atoms with Crippen LogP contribution in [0.2, 0.25) is 0 Å². The molecular weight excluding hydrogens is 293 g/mol. The number of ether oxygens (including phenoxy) is 1. The summed E-state index contributed by atoms with van der Waals surface area (Å²) in [6.45, 7) is 3.85. The van der Waals surface area contributed by atoms with E-state index in [1.165, 1.54) is 12.1 Å². The number of benzene rings is 1. The van der Waals surface area contributed by atoms with Crippen LogP contribution in [0.4, 0.5) is 4.39 Å². The number of halogens is 1. The van der Waals surface area contributed by atoms with Gasteiger partial charge in [0.2, 0.25) is 0 Å². The summed E-state index contributed by atoms with van der Waals surface area (Å²) in [4.78, 5) is 1.00. The zero-order valence-corrected chi connectivity index (χ0v) is 12.1. The molecule has 1 N–H and O–H groups in total. The van der Waals surface area contributed by atoms with Crippen LogP contribution in [0.5, 0.6) is 0 Å². The van der Waals surface area contributed by atoms with Gasteiger partial charge >= 0.3 is 0 Å². The van der Waals surface area contributed by atoms with Crippen molar-refractivity contribution in [3.05, 3.63) is 70.7 Å². The summed E-state index contributed by atoms with van der Waals surface area (Å²) in [5, 5.41) is 5.40. The molecule has 102 valence electrons. The molecule has 2 atom stereocenters. The molecule has 0 spiro atoms. The van der Waals surface area contributed by atoms with Gasteiger partial charge in [-0.05, 0) is 35.8 Å². The second-order valence-corrected chi connectivity index (χ2v) is 5.79. The molecule has 0 saturated carbocycles. The highest BCUT2D eigenvalue weighted by Gasteiger charge is 2.50. The van der Waals surface area contributed by atoms with Crippen molar-refractivity contribution in [2.75, 3.05) is 0 Å². The van der Waals surface area contributed by atoms with Crippen molar-refractivity contribution >= 4 is 28.7 Å². The minimum absolute atomic E-state index is 0.195. The highest BCUT2D eigenvalue weighted by molar-refractivity contribution is 7.80. The van der Waals surface area contributed by atoms with Gasteiger partial charge in [-0.25, -0.2) is 4.39 Å².